The molecule has 1 aliphatic heterocycles. The maximum absolute atomic E-state index is 11.7. The highest BCUT2D eigenvalue weighted by atomic mass is 16.4. The first kappa shape index (κ1) is 13.4. The van der Waals surface area contributed by atoms with Gasteiger partial charge in [-0.05, 0) is 19.3 Å². The van der Waals surface area contributed by atoms with E-state index in [2.05, 4.69) is 5.32 Å². The maximum Gasteiger partial charge on any atom is 0.326 e. The molecule has 0 aromatic carbocycles. The predicted molar refractivity (Wildman–Crippen MR) is 59.1 cm³/mol. The van der Waals surface area contributed by atoms with Crippen molar-refractivity contribution in [3.8, 4) is 0 Å². The van der Waals surface area contributed by atoms with Crippen molar-refractivity contribution < 1.29 is 19.5 Å². The molecule has 4 N–H and O–H groups in total. The number of hydrogen-bond donors (Lipinski definition) is 3. The molecule has 0 aromatic heterocycles. The molecule has 0 radical (unpaired) electrons. The molecule has 7 nitrogen and oxygen atoms in total. The van der Waals surface area contributed by atoms with E-state index in [0.29, 0.717) is 13.0 Å². The summed E-state index contributed by atoms with van der Waals surface area (Å²) in [5, 5.41) is 11.3. The second-order valence-electron chi connectivity index (χ2n) is 3.92. The molecule has 1 rings (SSSR count). The fraction of sp³-hybridized carbons (Fsp3) is 0.700. The van der Waals surface area contributed by atoms with Crippen molar-refractivity contribution in [1.82, 2.24) is 10.2 Å². The second-order valence-corrected chi connectivity index (χ2v) is 3.92. The number of amides is 2. The number of hydrogen-bond acceptors (Lipinski definition) is 4. The topological polar surface area (TPSA) is 113 Å². The number of carbonyl (C=O) groups excluding carboxylic acids is 2. The summed E-state index contributed by atoms with van der Waals surface area (Å²) >= 11 is 0. The van der Waals surface area contributed by atoms with Crippen LogP contribution in [0.25, 0.3) is 0 Å². The van der Waals surface area contributed by atoms with Crippen molar-refractivity contribution in [2.75, 3.05) is 19.6 Å². The SMILES string of the molecule is NCC(=O)NCC(=O)N1CCCC[C@H]1C(=O)O. The zero-order chi connectivity index (χ0) is 12.8. The van der Waals surface area contributed by atoms with Crippen LogP contribution in [0.15, 0.2) is 0 Å². The predicted octanol–water partition coefficient (Wildman–Crippen LogP) is -1.47. The van der Waals surface area contributed by atoms with Crippen molar-refractivity contribution in [3.05, 3.63) is 0 Å². The Morgan fingerprint density at radius 2 is 2.06 bits per heavy atom. The molecule has 0 aliphatic carbocycles. The van der Waals surface area contributed by atoms with Gasteiger partial charge in [-0.15, -0.1) is 0 Å². The third kappa shape index (κ3) is 3.70. The van der Waals surface area contributed by atoms with E-state index in [4.69, 9.17) is 10.8 Å². The van der Waals surface area contributed by atoms with E-state index < -0.39 is 17.9 Å². The van der Waals surface area contributed by atoms with E-state index in [1.54, 1.807) is 0 Å². The minimum absolute atomic E-state index is 0.185. The molecule has 0 unspecified atom stereocenters. The molecule has 0 aromatic rings. The van der Waals surface area contributed by atoms with Gasteiger partial charge in [-0.25, -0.2) is 4.79 Å². The van der Waals surface area contributed by atoms with Gasteiger partial charge in [0.25, 0.3) is 0 Å². The zero-order valence-corrected chi connectivity index (χ0v) is 9.52. The fourth-order valence-electron chi connectivity index (χ4n) is 1.83. The maximum atomic E-state index is 11.7. The lowest BCUT2D eigenvalue weighted by Gasteiger charge is -2.32. The second kappa shape index (κ2) is 6.19. The number of rotatable bonds is 4. The van der Waals surface area contributed by atoms with Gasteiger partial charge in [0.2, 0.25) is 11.8 Å². The number of nitrogens with two attached hydrogens (primary N) is 1. The Morgan fingerprint density at radius 1 is 1.35 bits per heavy atom. The van der Waals surface area contributed by atoms with Gasteiger partial charge in [-0.1, -0.05) is 0 Å². The summed E-state index contributed by atoms with van der Waals surface area (Å²) in [4.78, 5) is 34.9. The number of carboxylic acid groups (broad SMARTS) is 1. The van der Waals surface area contributed by atoms with Crippen molar-refractivity contribution in [3.63, 3.8) is 0 Å². The van der Waals surface area contributed by atoms with Crippen LogP contribution < -0.4 is 11.1 Å². The van der Waals surface area contributed by atoms with Crippen LogP contribution in [0.1, 0.15) is 19.3 Å². The Hall–Kier alpha value is -1.63. The third-order valence-corrected chi connectivity index (χ3v) is 2.73. The van der Waals surface area contributed by atoms with Crippen LogP contribution in [0, 0.1) is 0 Å². The van der Waals surface area contributed by atoms with Gasteiger partial charge in [0.15, 0.2) is 0 Å². The molecular formula is C10H17N3O4. The van der Waals surface area contributed by atoms with Gasteiger partial charge in [-0.2, -0.15) is 0 Å². The molecule has 7 heteroatoms. The molecule has 17 heavy (non-hydrogen) atoms. The first-order valence-corrected chi connectivity index (χ1v) is 5.55. The Kier molecular flexibility index (Phi) is 4.89. The highest BCUT2D eigenvalue weighted by Gasteiger charge is 2.31. The van der Waals surface area contributed by atoms with E-state index >= 15 is 0 Å². The van der Waals surface area contributed by atoms with E-state index in [0.717, 1.165) is 12.8 Å². The van der Waals surface area contributed by atoms with Gasteiger partial charge in [0.05, 0.1) is 13.1 Å². The van der Waals surface area contributed by atoms with Crippen molar-refractivity contribution in [1.29, 1.82) is 0 Å². The number of nitrogens with one attached hydrogen (secondary N) is 1. The smallest absolute Gasteiger partial charge is 0.326 e. The Labute approximate surface area is 98.9 Å². The van der Waals surface area contributed by atoms with Gasteiger partial charge in [0, 0.05) is 6.54 Å². The highest BCUT2D eigenvalue weighted by Crippen LogP contribution is 2.17. The highest BCUT2D eigenvalue weighted by molar-refractivity contribution is 5.88. The van der Waals surface area contributed by atoms with Crippen molar-refractivity contribution in [2.45, 2.75) is 25.3 Å². The molecule has 0 bridgehead atoms. The standard InChI is InChI=1S/C10H17N3O4/c11-5-8(14)12-6-9(15)13-4-2-1-3-7(13)10(16)17/h7H,1-6,11H2,(H,12,14)(H,16,17)/t7-/m0/s1. The molecule has 1 atom stereocenters. The average molecular weight is 243 g/mol. The van der Waals surface area contributed by atoms with Crippen LogP contribution in [-0.2, 0) is 14.4 Å². The van der Waals surface area contributed by atoms with Gasteiger partial charge in [0.1, 0.15) is 6.04 Å². The molecule has 1 saturated heterocycles. The molecule has 1 heterocycles. The average Bonchev–Trinajstić information content (AvgIpc) is 2.35. The summed E-state index contributed by atoms with van der Waals surface area (Å²) in [6.45, 7) is 0.0454. The first-order valence-electron chi connectivity index (χ1n) is 5.55. The van der Waals surface area contributed by atoms with E-state index in [1.807, 2.05) is 0 Å². The Balaban J connectivity index is 2.53. The Bertz CT molecular complexity index is 319. The largest absolute Gasteiger partial charge is 0.480 e. The van der Waals surface area contributed by atoms with Gasteiger partial charge < -0.3 is 21.1 Å². The summed E-state index contributed by atoms with van der Waals surface area (Å²) in [6, 6.07) is -0.772. The van der Waals surface area contributed by atoms with Crippen LogP contribution in [-0.4, -0.2) is 53.5 Å². The molecule has 0 spiro atoms. The quantitative estimate of drug-likeness (QED) is 0.557. The summed E-state index contributed by atoms with van der Waals surface area (Å²) in [5.41, 5.74) is 5.08. The molecule has 1 fully saturated rings. The lowest BCUT2D eigenvalue weighted by molar-refractivity contribution is -0.151. The zero-order valence-electron chi connectivity index (χ0n) is 9.52. The monoisotopic (exact) mass is 243 g/mol. The van der Waals surface area contributed by atoms with Crippen LogP contribution in [0.3, 0.4) is 0 Å². The first-order chi connectivity index (χ1) is 8.06. The molecule has 1 aliphatic rings. The number of likely N-dealkylation sites (tertiary alicyclic amines) is 1. The number of carboxylic acids is 1. The van der Waals surface area contributed by atoms with Crippen LogP contribution in [0.4, 0.5) is 0 Å². The summed E-state index contributed by atoms with van der Waals surface area (Å²) in [6.07, 6.45) is 2.06. The van der Waals surface area contributed by atoms with E-state index in [-0.39, 0.29) is 19.0 Å². The van der Waals surface area contributed by atoms with E-state index in [9.17, 15) is 14.4 Å². The minimum atomic E-state index is -0.997. The number of carbonyl (C=O) groups is 3. The number of nitrogens with zero attached hydrogens (tertiary/aromatic N) is 1. The van der Waals surface area contributed by atoms with E-state index in [1.165, 1.54) is 4.90 Å². The summed E-state index contributed by atoms with van der Waals surface area (Å²) in [7, 11) is 0. The lowest BCUT2D eigenvalue weighted by atomic mass is 10.0. The van der Waals surface area contributed by atoms with Crippen LogP contribution in [0.2, 0.25) is 0 Å². The summed E-state index contributed by atoms with van der Waals surface area (Å²) in [5.74, 6) is -1.80. The molecular weight excluding hydrogens is 226 g/mol. The lowest BCUT2D eigenvalue weighted by Crippen LogP contribution is -2.51. The van der Waals surface area contributed by atoms with Crippen molar-refractivity contribution in [2.24, 2.45) is 5.73 Å². The molecule has 0 saturated carbocycles. The van der Waals surface area contributed by atoms with Gasteiger partial charge in [-0.3, -0.25) is 9.59 Å². The summed E-state index contributed by atoms with van der Waals surface area (Å²) < 4.78 is 0. The number of aliphatic carboxylic acids is 1. The number of piperidine rings is 1. The third-order valence-electron chi connectivity index (χ3n) is 2.73. The van der Waals surface area contributed by atoms with Crippen LogP contribution >= 0.6 is 0 Å². The molecule has 2 amide bonds. The Morgan fingerprint density at radius 3 is 2.65 bits per heavy atom. The van der Waals surface area contributed by atoms with Gasteiger partial charge >= 0.3 is 5.97 Å². The molecule has 96 valence electrons. The fourth-order valence-corrected chi connectivity index (χ4v) is 1.83. The van der Waals surface area contributed by atoms with Crippen molar-refractivity contribution >= 4 is 17.8 Å². The van der Waals surface area contributed by atoms with Crippen LogP contribution in [0.5, 0.6) is 0 Å². The normalized spacial score (nSPS) is 19.8. The minimum Gasteiger partial charge on any atom is -0.480 e.